The van der Waals surface area contributed by atoms with Crippen LogP contribution in [0.1, 0.15) is 68.2 Å². The normalized spacial score (nSPS) is 23.2. The Morgan fingerprint density at radius 2 is 0.829 bits per heavy atom. The fourth-order valence-electron chi connectivity index (χ4n) is 5.46. The lowest BCUT2D eigenvalue weighted by molar-refractivity contribution is -0.106. The van der Waals surface area contributed by atoms with Crippen molar-refractivity contribution >= 4 is 33.6 Å². The second-order valence-electron chi connectivity index (χ2n) is 12.0. The van der Waals surface area contributed by atoms with Crippen molar-refractivity contribution in [2.75, 3.05) is 0 Å². The molecule has 2 aliphatic rings. The van der Waals surface area contributed by atoms with E-state index in [2.05, 4.69) is 55.4 Å². The Kier molecular flexibility index (Phi) is 7.18. The Morgan fingerprint density at radius 3 is 1.11 bits per heavy atom. The van der Waals surface area contributed by atoms with Crippen molar-refractivity contribution in [3.63, 3.8) is 0 Å². The van der Waals surface area contributed by atoms with Crippen molar-refractivity contribution < 1.29 is 27.3 Å². The average molecular weight is 496 g/mol. The van der Waals surface area contributed by atoms with Crippen LogP contribution in [0.5, 0.6) is 0 Å². The van der Waals surface area contributed by atoms with Crippen LogP contribution in [-0.4, -0.2) is 45.6 Å². The van der Waals surface area contributed by atoms with Gasteiger partial charge in [-0.25, -0.2) is 0 Å². The summed E-state index contributed by atoms with van der Waals surface area (Å²) in [6, 6.07) is 20.0. The van der Waals surface area contributed by atoms with Crippen LogP contribution in [0, 0.1) is 0 Å². The molecule has 0 amide bonds. The van der Waals surface area contributed by atoms with Crippen LogP contribution < -0.4 is 10.4 Å². The van der Waals surface area contributed by atoms with Crippen LogP contribution >= 0.6 is 0 Å². The maximum Gasteiger partial charge on any atom is 0.631 e. The number of benzene rings is 2. The predicted molar refractivity (Wildman–Crippen MR) is 141 cm³/mol. The van der Waals surface area contributed by atoms with Gasteiger partial charge >= 0.3 is 23.2 Å². The lowest BCUT2D eigenvalue weighted by Gasteiger charge is -2.47. The molecule has 0 unspecified atom stereocenters. The Balaban J connectivity index is 1.80. The first-order valence-corrected chi connectivity index (χ1v) is 14.2. The molecule has 4 rings (SSSR count). The average Bonchev–Trinajstić information content (AvgIpc) is 2.70. The van der Waals surface area contributed by atoms with Crippen LogP contribution in [0.3, 0.4) is 0 Å². The summed E-state index contributed by atoms with van der Waals surface area (Å²) in [5.74, 6) is 0. The summed E-state index contributed by atoms with van der Waals surface area (Å²) in [6.45, 7) is 16.5. The van der Waals surface area contributed by atoms with Crippen molar-refractivity contribution in [3.05, 3.63) is 60.7 Å². The minimum absolute atomic E-state index is 0.429. The highest BCUT2D eigenvalue weighted by Gasteiger charge is 2.57. The molecule has 2 saturated heterocycles. The molecular weight excluding hydrogens is 458 g/mol. The van der Waals surface area contributed by atoms with Crippen LogP contribution in [0.2, 0.25) is 0 Å². The Bertz CT molecular complexity index is 886. The fourth-order valence-corrected chi connectivity index (χ4v) is 8.39. The molecule has 2 aromatic rings. The van der Waals surface area contributed by atoms with Gasteiger partial charge in [-0.2, -0.15) is 0 Å². The van der Waals surface area contributed by atoms with Gasteiger partial charge in [-0.1, -0.05) is 60.7 Å². The van der Waals surface area contributed by atoms with Crippen molar-refractivity contribution in [3.8, 4) is 0 Å². The fraction of sp³-hybridized carbons (Fsp3) is 0.538. The highest BCUT2D eigenvalue weighted by Crippen LogP contribution is 2.36. The monoisotopic (exact) mass is 496 g/mol. The number of rotatable bonds is 6. The topological polar surface area (TPSA) is 55.4 Å². The van der Waals surface area contributed by atoms with Crippen molar-refractivity contribution in [1.82, 2.24) is 0 Å². The lowest BCUT2D eigenvalue weighted by atomic mass is 9.87. The van der Waals surface area contributed by atoms with E-state index < -0.39 is 45.6 Å². The van der Waals surface area contributed by atoms with E-state index in [4.69, 9.17) is 27.3 Å². The second-order valence-corrected chi connectivity index (χ2v) is 14.9. The number of hydrogen-bond donors (Lipinski definition) is 0. The standard InChI is InChI=1S/C26H38B2O6Si/c1-23(2)19-24(3,4)30-27(29-23)33-35(21-15-11-9-12-16-21,22-17-13-10-14-18-22)34-28-31-25(5,6)20-26(7,8)32-28/h9-18H,19-20H2,1-8H3. The van der Waals surface area contributed by atoms with Crippen LogP contribution in [-0.2, 0) is 27.3 Å². The van der Waals surface area contributed by atoms with Gasteiger partial charge in [-0.15, -0.1) is 0 Å². The summed E-state index contributed by atoms with van der Waals surface area (Å²) in [5.41, 5.74) is -1.72. The number of hydrogen-bond acceptors (Lipinski definition) is 6. The van der Waals surface area contributed by atoms with Gasteiger partial charge in [-0.05, 0) is 65.8 Å². The van der Waals surface area contributed by atoms with Crippen molar-refractivity contribution in [2.24, 2.45) is 0 Å². The summed E-state index contributed by atoms with van der Waals surface area (Å²) < 4.78 is 39.0. The molecule has 35 heavy (non-hydrogen) atoms. The largest absolute Gasteiger partial charge is 0.631 e. The second kappa shape index (κ2) is 9.45. The first-order chi connectivity index (χ1) is 16.2. The minimum atomic E-state index is -3.47. The molecule has 188 valence electrons. The van der Waals surface area contributed by atoms with E-state index in [1.165, 1.54) is 0 Å². The lowest BCUT2D eigenvalue weighted by Crippen LogP contribution is -2.71. The summed E-state index contributed by atoms with van der Waals surface area (Å²) in [6.07, 6.45) is 1.48. The Labute approximate surface area is 212 Å². The first kappa shape index (κ1) is 26.6. The van der Waals surface area contributed by atoms with E-state index in [0.717, 1.165) is 23.2 Å². The Morgan fingerprint density at radius 1 is 0.543 bits per heavy atom. The van der Waals surface area contributed by atoms with E-state index in [-0.39, 0.29) is 0 Å². The molecule has 0 spiro atoms. The van der Waals surface area contributed by atoms with E-state index in [0.29, 0.717) is 0 Å². The van der Waals surface area contributed by atoms with Gasteiger partial charge in [0.25, 0.3) is 0 Å². The minimum Gasteiger partial charge on any atom is -0.400 e. The van der Waals surface area contributed by atoms with Crippen LogP contribution in [0.4, 0.5) is 0 Å². The van der Waals surface area contributed by atoms with Crippen LogP contribution in [0.15, 0.2) is 60.7 Å². The molecule has 0 radical (unpaired) electrons. The van der Waals surface area contributed by atoms with Crippen LogP contribution in [0.25, 0.3) is 0 Å². The van der Waals surface area contributed by atoms with E-state index in [9.17, 15) is 0 Å². The van der Waals surface area contributed by atoms with Gasteiger partial charge in [0.05, 0.1) is 22.4 Å². The summed E-state index contributed by atoms with van der Waals surface area (Å²) in [5, 5.41) is 1.82. The first-order valence-electron chi connectivity index (χ1n) is 12.4. The van der Waals surface area contributed by atoms with E-state index >= 15 is 0 Å². The smallest absolute Gasteiger partial charge is 0.400 e. The maximum absolute atomic E-state index is 6.87. The quantitative estimate of drug-likeness (QED) is 0.559. The maximum atomic E-state index is 6.87. The SMILES string of the molecule is CC1(C)CC(C)(C)OB(O[Si](OB2OC(C)(C)CC(C)(C)O2)(c2ccccc2)c2ccccc2)O1. The van der Waals surface area contributed by atoms with Gasteiger partial charge < -0.3 is 27.3 Å². The molecule has 0 aromatic heterocycles. The van der Waals surface area contributed by atoms with Crippen molar-refractivity contribution in [1.29, 1.82) is 0 Å². The van der Waals surface area contributed by atoms with Gasteiger partial charge in [0.2, 0.25) is 0 Å². The molecule has 2 aromatic carbocycles. The zero-order valence-corrected chi connectivity index (χ0v) is 23.3. The summed E-state index contributed by atoms with van der Waals surface area (Å²) >= 11 is 0. The summed E-state index contributed by atoms with van der Waals surface area (Å²) in [4.78, 5) is 0. The molecule has 0 bridgehead atoms. The van der Waals surface area contributed by atoms with Gasteiger partial charge in [0.1, 0.15) is 0 Å². The van der Waals surface area contributed by atoms with Gasteiger partial charge in [0, 0.05) is 12.8 Å². The zero-order chi connectivity index (χ0) is 25.5. The van der Waals surface area contributed by atoms with E-state index in [1.54, 1.807) is 0 Å². The molecule has 0 N–H and O–H groups in total. The molecule has 0 saturated carbocycles. The summed E-state index contributed by atoms with van der Waals surface area (Å²) in [7, 11) is -5.32. The predicted octanol–water partition coefficient (Wildman–Crippen LogP) is 4.23. The third kappa shape index (κ3) is 6.46. The van der Waals surface area contributed by atoms with Crippen molar-refractivity contribution in [2.45, 2.75) is 90.6 Å². The highest BCUT2D eigenvalue weighted by atomic mass is 28.4. The molecule has 0 atom stereocenters. The van der Waals surface area contributed by atoms with E-state index in [1.807, 2.05) is 60.7 Å². The molecule has 9 heteroatoms. The molecule has 6 nitrogen and oxygen atoms in total. The Hall–Kier alpha value is -1.45. The third-order valence-corrected chi connectivity index (χ3v) is 9.43. The highest BCUT2D eigenvalue weighted by molar-refractivity contribution is 6.97. The molecular formula is C26H38B2O6Si. The molecule has 2 heterocycles. The molecule has 2 aliphatic heterocycles. The molecule has 0 aliphatic carbocycles. The third-order valence-electron chi connectivity index (χ3n) is 6.20. The zero-order valence-electron chi connectivity index (χ0n) is 22.3. The van der Waals surface area contributed by atoms with Gasteiger partial charge in [-0.3, -0.25) is 0 Å². The molecule has 2 fully saturated rings. The van der Waals surface area contributed by atoms with Gasteiger partial charge in [0.15, 0.2) is 0 Å².